The third-order valence-corrected chi connectivity index (χ3v) is 6.62. The highest BCUT2D eigenvalue weighted by molar-refractivity contribution is 6.00. The number of rotatable bonds is 9. The van der Waals surface area contributed by atoms with Crippen molar-refractivity contribution in [3.05, 3.63) is 23.8 Å². The maximum Gasteiger partial charge on any atom is 0.255 e. The van der Waals surface area contributed by atoms with Gasteiger partial charge >= 0.3 is 0 Å². The van der Waals surface area contributed by atoms with Crippen LogP contribution >= 0.6 is 0 Å². The third kappa shape index (κ3) is 7.87. The zero-order valence-corrected chi connectivity index (χ0v) is 23.5. The number of piperazine rings is 1. The molecule has 0 aromatic heterocycles. The molecule has 0 radical (unpaired) electrons. The summed E-state index contributed by atoms with van der Waals surface area (Å²) in [6.07, 6.45) is 1.50. The molecule has 0 saturated carbocycles. The number of benzene rings is 1. The summed E-state index contributed by atoms with van der Waals surface area (Å²) in [5.41, 5.74) is 0.521. The quantitative estimate of drug-likeness (QED) is 0.551. The summed E-state index contributed by atoms with van der Waals surface area (Å²) in [7, 11) is 3.03. The molecule has 1 fully saturated rings. The van der Waals surface area contributed by atoms with Gasteiger partial charge in [0.05, 0.1) is 19.8 Å². The molecule has 1 aromatic carbocycles. The molecule has 1 aromatic rings. The smallest absolute Gasteiger partial charge is 0.255 e. The van der Waals surface area contributed by atoms with Gasteiger partial charge in [0.2, 0.25) is 11.8 Å². The van der Waals surface area contributed by atoms with E-state index in [1.165, 1.54) is 7.11 Å². The summed E-state index contributed by atoms with van der Waals surface area (Å²) in [6, 6.07) is 4.18. The Bertz CT molecular complexity index is 924. The summed E-state index contributed by atoms with van der Waals surface area (Å²) < 4.78 is 10.6. The van der Waals surface area contributed by atoms with E-state index < -0.39 is 6.04 Å². The molecule has 8 nitrogen and oxygen atoms in total. The van der Waals surface area contributed by atoms with E-state index in [2.05, 4.69) is 33.0 Å². The molecule has 202 valence electrons. The molecular formula is C28H45N3O5. The maximum atomic E-state index is 13.5. The molecule has 3 amide bonds. The summed E-state index contributed by atoms with van der Waals surface area (Å²) in [6.45, 7) is 15.9. The Morgan fingerprint density at radius 3 is 2.28 bits per heavy atom. The Labute approximate surface area is 216 Å². The van der Waals surface area contributed by atoms with Gasteiger partial charge in [0, 0.05) is 38.2 Å². The Hall–Kier alpha value is -2.77. The average molecular weight is 504 g/mol. The van der Waals surface area contributed by atoms with Crippen LogP contribution in [0.25, 0.3) is 0 Å². The maximum absolute atomic E-state index is 13.5. The average Bonchev–Trinajstić information content (AvgIpc) is 2.79. The molecule has 2 rings (SSSR count). The van der Waals surface area contributed by atoms with Crippen molar-refractivity contribution in [2.75, 3.05) is 33.9 Å². The molecule has 0 bridgehead atoms. The molecule has 0 aliphatic carbocycles. The van der Waals surface area contributed by atoms with Crippen LogP contribution in [0, 0.1) is 17.3 Å². The van der Waals surface area contributed by atoms with E-state index in [0.29, 0.717) is 49.0 Å². The minimum atomic E-state index is -0.689. The second-order valence-corrected chi connectivity index (χ2v) is 11.6. The van der Waals surface area contributed by atoms with Gasteiger partial charge in [-0.15, -0.1) is 0 Å². The number of carbonyl (C=O) groups is 3. The Morgan fingerprint density at radius 1 is 1.08 bits per heavy atom. The molecule has 1 heterocycles. The van der Waals surface area contributed by atoms with Crippen LogP contribution in [0.5, 0.6) is 11.5 Å². The first-order valence-electron chi connectivity index (χ1n) is 12.9. The van der Waals surface area contributed by atoms with Gasteiger partial charge < -0.3 is 24.6 Å². The van der Waals surface area contributed by atoms with Crippen molar-refractivity contribution in [1.29, 1.82) is 0 Å². The molecule has 0 unspecified atom stereocenters. The van der Waals surface area contributed by atoms with E-state index in [1.54, 1.807) is 30.2 Å². The normalized spacial score (nSPS) is 18.0. The fourth-order valence-electron chi connectivity index (χ4n) is 4.98. The molecular weight excluding hydrogens is 458 g/mol. The van der Waals surface area contributed by atoms with E-state index in [4.69, 9.17) is 9.47 Å². The van der Waals surface area contributed by atoms with Crippen molar-refractivity contribution >= 4 is 17.7 Å². The Kier molecular flexibility index (Phi) is 10.2. The SMILES string of the molecule is COc1ccc(C(=O)N[C@H](C(=O)N2CCN(C(=O)C[C@H](C)CC(C)(C)C)[C@@H](C)C2)C(C)C)c(OC)c1. The highest BCUT2D eigenvalue weighted by atomic mass is 16.5. The second-order valence-electron chi connectivity index (χ2n) is 11.6. The lowest BCUT2D eigenvalue weighted by atomic mass is 9.84. The van der Waals surface area contributed by atoms with Crippen LogP contribution in [0.15, 0.2) is 18.2 Å². The number of amides is 3. The summed E-state index contributed by atoms with van der Waals surface area (Å²) in [5.74, 6) is 0.782. The molecule has 1 aliphatic rings. The van der Waals surface area contributed by atoms with Gasteiger partial charge in [-0.05, 0) is 42.7 Å². The van der Waals surface area contributed by atoms with Crippen LogP contribution in [-0.2, 0) is 9.59 Å². The van der Waals surface area contributed by atoms with E-state index >= 15 is 0 Å². The van der Waals surface area contributed by atoms with Crippen molar-refractivity contribution in [3.63, 3.8) is 0 Å². The van der Waals surface area contributed by atoms with E-state index in [-0.39, 0.29) is 35.1 Å². The van der Waals surface area contributed by atoms with Crippen LogP contribution in [0.3, 0.4) is 0 Å². The molecule has 1 saturated heterocycles. The van der Waals surface area contributed by atoms with E-state index in [1.807, 2.05) is 25.7 Å². The first-order valence-corrected chi connectivity index (χ1v) is 12.9. The van der Waals surface area contributed by atoms with Crippen LogP contribution in [0.4, 0.5) is 0 Å². The lowest BCUT2D eigenvalue weighted by molar-refractivity contribution is -0.144. The van der Waals surface area contributed by atoms with Gasteiger partial charge in [0.25, 0.3) is 5.91 Å². The third-order valence-electron chi connectivity index (χ3n) is 6.62. The van der Waals surface area contributed by atoms with Crippen molar-refractivity contribution in [3.8, 4) is 11.5 Å². The standard InChI is InChI=1S/C28H45N3O5/c1-18(2)25(29-26(33)22-11-10-21(35-8)15-23(22)36-9)27(34)30-12-13-31(20(4)17-30)24(32)14-19(3)16-28(5,6)7/h10-11,15,18-20,25H,12-14,16-17H2,1-9H3,(H,29,33)/t19-,20-,25-/m0/s1. The number of methoxy groups -OCH3 is 2. The minimum Gasteiger partial charge on any atom is -0.497 e. The van der Waals surface area contributed by atoms with Gasteiger partial charge in [0.1, 0.15) is 17.5 Å². The van der Waals surface area contributed by atoms with Crippen molar-refractivity contribution < 1.29 is 23.9 Å². The number of hydrogen-bond donors (Lipinski definition) is 1. The fraction of sp³-hybridized carbons (Fsp3) is 0.679. The number of nitrogens with zero attached hydrogens (tertiary/aromatic N) is 2. The van der Waals surface area contributed by atoms with Gasteiger partial charge in [-0.2, -0.15) is 0 Å². The fourth-order valence-corrected chi connectivity index (χ4v) is 4.98. The molecule has 8 heteroatoms. The number of carbonyl (C=O) groups excluding carboxylic acids is 3. The van der Waals surface area contributed by atoms with Crippen LogP contribution in [0.1, 0.15) is 71.7 Å². The zero-order valence-electron chi connectivity index (χ0n) is 23.5. The Morgan fingerprint density at radius 2 is 1.75 bits per heavy atom. The first kappa shape index (κ1) is 29.5. The summed E-state index contributed by atoms with van der Waals surface area (Å²) in [5, 5.41) is 2.91. The van der Waals surface area contributed by atoms with Crippen LogP contribution in [-0.4, -0.2) is 73.5 Å². The lowest BCUT2D eigenvalue weighted by Gasteiger charge is -2.42. The minimum absolute atomic E-state index is 0.0813. The molecule has 3 atom stereocenters. The van der Waals surface area contributed by atoms with E-state index in [9.17, 15) is 14.4 Å². The molecule has 0 spiro atoms. The van der Waals surface area contributed by atoms with E-state index in [0.717, 1.165) is 6.42 Å². The Balaban J connectivity index is 2.05. The van der Waals surface area contributed by atoms with Crippen LogP contribution < -0.4 is 14.8 Å². The van der Waals surface area contributed by atoms with Gasteiger partial charge in [-0.1, -0.05) is 41.5 Å². The number of hydrogen-bond acceptors (Lipinski definition) is 5. The predicted molar refractivity (Wildman–Crippen MR) is 141 cm³/mol. The molecule has 1 N–H and O–H groups in total. The lowest BCUT2D eigenvalue weighted by Crippen LogP contribution is -2.60. The van der Waals surface area contributed by atoms with Crippen molar-refractivity contribution in [2.24, 2.45) is 17.3 Å². The zero-order chi connectivity index (χ0) is 27.2. The summed E-state index contributed by atoms with van der Waals surface area (Å²) >= 11 is 0. The molecule has 36 heavy (non-hydrogen) atoms. The van der Waals surface area contributed by atoms with Gasteiger partial charge in [-0.3, -0.25) is 14.4 Å². The topological polar surface area (TPSA) is 88.2 Å². The second kappa shape index (κ2) is 12.5. The number of ether oxygens (including phenoxy) is 2. The van der Waals surface area contributed by atoms with Crippen molar-refractivity contribution in [1.82, 2.24) is 15.1 Å². The first-order chi connectivity index (χ1) is 16.8. The van der Waals surface area contributed by atoms with Gasteiger partial charge in [-0.25, -0.2) is 0 Å². The largest absolute Gasteiger partial charge is 0.497 e. The number of nitrogens with one attached hydrogen (secondary N) is 1. The van der Waals surface area contributed by atoms with Crippen molar-refractivity contribution in [2.45, 2.75) is 73.4 Å². The monoisotopic (exact) mass is 503 g/mol. The van der Waals surface area contributed by atoms with Crippen LogP contribution in [0.2, 0.25) is 0 Å². The highest BCUT2D eigenvalue weighted by Gasteiger charge is 2.35. The predicted octanol–water partition coefficient (Wildman–Crippen LogP) is 3.98. The molecule has 1 aliphatic heterocycles. The highest BCUT2D eigenvalue weighted by Crippen LogP contribution is 2.27. The van der Waals surface area contributed by atoms with Gasteiger partial charge in [0.15, 0.2) is 0 Å². The summed E-state index contributed by atoms with van der Waals surface area (Å²) in [4.78, 5) is 43.2.